The van der Waals surface area contributed by atoms with Crippen molar-refractivity contribution in [3.8, 4) is 5.75 Å². The van der Waals surface area contributed by atoms with E-state index in [1.54, 1.807) is 7.11 Å². The van der Waals surface area contributed by atoms with E-state index in [-0.39, 0.29) is 6.42 Å². The van der Waals surface area contributed by atoms with Gasteiger partial charge in [-0.1, -0.05) is 26.0 Å². The highest BCUT2D eigenvalue weighted by molar-refractivity contribution is 6.33. The summed E-state index contributed by atoms with van der Waals surface area (Å²) in [4.78, 5) is 22.8. The fourth-order valence-electron chi connectivity index (χ4n) is 1.73. The van der Waals surface area contributed by atoms with Crippen LogP contribution in [-0.4, -0.2) is 26.0 Å². The fourth-order valence-corrected chi connectivity index (χ4v) is 1.73. The molecule has 1 aromatic rings. The molecule has 0 fully saturated rings. The monoisotopic (exact) mass is 250 g/mol. The van der Waals surface area contributed by atoms with Gasteiger partial charge in [-0.05, 0) is 23.1 Å². The molecule has 0 aliphatic rings. The molecule has 98 valence electrons. The Labute approximate surface area is 107 Å². The van der Waals surface area contributed by atoms with Crippen LogP contribution in [-0.2, 0) is 19.7 Å². The van der Waals surface area contributed by atoms with Gasteiger partial charge in [0.15, 0.2) is 0 Å². The van der Waals surface area contributed by atoms with Crippen LogP contribution in [0, 0.1) is 0 Å². The first kappa shape index (κ1) is 14.2. The van der Waals surface area contributed by atoms with Gasteiger partial charge in [-0.25, -0.2) is 4.79 Å². The van der Waals surface area contributed by atoms with Gasteiger partial charge >= 0.3 is 5.97 Å². The molecule has 0 saturated carbocycles. The topological polar surface area (TPSA) is 52.6 Å². The summed E-state index contributed by atoms with van der Waals surface area (Å²) >= 11 is 0. The van der Waals surface area contributed by atoms with E-state index in [4.69, 9.17) is 4.74 Å². The molecule has 18 heavy (non-hydrogen) atoms. The van der Waals surface area contributed by atoms with Crippen molar-refractivity contribution in [1.29, 1.82) is 0 Å². The fraction of sp³-hybridized carbons (Fsp3) is 0.429. The average Bonchev–Trinajstić information content (AvgIpc) is 2.37. The van der Waals surface area contributed by atoms with Gasteiger partial charge in [-0.3, -0.25) is 4.79 Å². The summed E-state index contributed by atoms with van der Waals surface area (Å²) in [5, 5.41) is 0. The minimum Gasteiger partial charge on any atom is -0.497 e. The molecule has 0 amide bonds. The first-order valence-electron chi connectivity index (χ1n) is 5.66. The molecule has 0 bridgehead atoms. The van der Waals surface area contributed by atoms with Crippen molar-refractivity contribution < 1.29 is 19.1 Å². The minimum atomic E-state index is -0.800. The highest BCUT2D eigenvalue weighted by Gasteiger charge is 2.28. The molecule has 0 atom stereocenters. The first-order valence-corrected chi connectivity index (χ1v) is 5.66. The number of benzene rings is 1. The lowest BCUT2D eigenvalue weighted by Crippen LogP contribution is -2.27. The molecule has 0 aromatic heterocycles. The van der Waals surface area contributed by atoms with E-state index in [0.29, 0.717) is 0 Å². The predicted molar refractivity (Wildman–Crippen MR) is 67.7 cm³/mol. The van der Waals surface area contributed by atoms with Crippen molar-refractivity contribution in [2.45, 2.75) is 25.7 Å². The van der Waals surface area contributed by atoms with E-state index < -0.39 is 17.2 Å². The van der Waals surface area contributed by atoms with Crippen LogP contribution in [0.1, 0.15) is 25.8 Å². The molecule has 0 aliphatic heterocycles. The van der Waals surface area contributed by atoms with E-state index in [9.17, 15) is 9.59 Å². The maximum atomic E-state index is 11.6. The summed E-state index contributed by atoms with van der Waals surface area (Å²) in [5.74, 6) is -0.595. The van der Waals surface area contributed by atoms with Crippen molar-refractivity contribution in [3.63, 3.8) is 0 Å². The number of esters is 1. The summed E-state index contributed by atoms with van der Waals surface area (Å²) in [5.41, 5.74) is 0.499. The second kappa shape index (κ2) is 5.67. The number of carbonyl (C=O) groups is 2. The molecule has 0 aliphatic carbocycles. The molecule has 0 saturated heterocycles. The lowest BCUT2D eigenvalue weighted by Gasteiger charge is -2.24. The van der Waals surface area contributed by atoms with Crippen molar-refractivity contribution in [2.24, 2.45) is 0 Å². The predicted octanol–water partition coefficient (Wildman–Crippen LogP) is 2.10. The summed E-state index contributed by atoms with van der Waals surface area (Å²) in [6.45, 7) is 3.81. The number of ether oxygens (including phenoxy) is 2. The quantitative estimate of drug-likeness (QED) is 0.593. The van der Waals surface area contributed by atoms with Gasteiger partial charge < -0.3 is 9.47 Å². The van der Waals surface area contributed by atoms with Gasteiger partial charge in [-0.2, -0.15) is 0 Å². The smallest absolute Gasteiger partial charge is 0.374 e. The van der Waals surface area contributed by atoms with Crippen LogP contribution in [0.4, 0.5) is 0 Å². The average molecular weight is 250 g/mol. The van der Waals surface area contributed by atoms with Crippen LogP contribution in [0.2, 0.25) is 0 Å². The number of hydrogen-bond acceptors (Lipinski definition) is 4. The molecule has 1 aromatic carbocycles. The zero-order valence-electron chi connectivity index (χ0n) is 11.1. The Bertz CT molecular complexity index is 449. The number of rotatable bonds is 5. The van der Waals surface area contributed by atoms with Gasteiger partial charge in [0.2, 0.25) is 5.78 Å². The molecule has 4 nitrogen and oxygen atoms in total. The van der Waals surface area contributed by atoms with Crippen molar-refractivity contribution in [3.05, 3.63) is 29.8 Å². The number of hydrogen-bond donors (Lipinski definition) is 0. The third-order valence-electron chi connectivity index (χ3n) is 2.87. The highest BCUT2D eigenvalue weighted by atomic mass is 16.5. The van der Waals surface area contributed by atoms with Crippen LogP contribution in [0.3, 0.4) is 0 Å². The van der Waals surface area contributed by atoms with Crippen molar-refractivity contribution >= 4 is 11.8 Å². The molecule has 0 heterocycles. The zero-order valence-corrected chi connectivity index (χ0v) is 11.1. The van der Waals surface area contributed by atoms with E-state index in [1.165, 1.54) is 7.11 Å². The molecule has 0 spiro atoms. The minimum absolute atomic E-state index is 0.104. The Morgan fingerprint density at radius 2 is 1.89 bits per heavy atom. The third kappa shape index (κ3) is 3.32. The van der Waals surface area contributed by atoms with E-state index in [2.05, 4.69) is 4.74 Å². The van der Waals surface area contributed by atoms with Gasteiger partial charge in [0.25, 0.3) is 0 Å². The Balaban J connectivity index is 2.91. The van der Waals surface area contributed by atoms with Crippen molar-refractivity contribution in [1.82, 2.24) is 0 Å². The standard InChI is InChI=1S/C14H18O4/c1-14(2,9-12(15)13(16)18-4)10-6-5-7-11(8-10)17-3/h5-8H,9H2,1-4H3. The van der Waals surface area contributed by atoms with Crippen LogP contribution in [0.5, 0.6) is 5.75 Å². The molecular formula is C14H18O4. The summed E-state index contributed by atoms with van der Waals surface area (Å²) in [7, 11) is 2.80. The Kier molecular flexibility index (Phi) is 4.48. The largest absolute Gasteiger partial charge is 0.497 e. The van der Waals surface area contributed by atoms with Crippen LogP contribution in [0.25, 0.3) is 0 Å². The first-order chi connectivity index (χ1) is 8.40. The second-order valence-corrected chi connectivity index (χ2v) is 4.71. The lowest BCUT2D eigenvalue weighted by molar-refractivity contribution is -0.152. The summed E-state index contributed by atoms with van der Waals surface area (Å²) in [6.07, 6.45) is 0.104. The normalized spacial score (nSPS) is 10.9. The van der Waals surface area contributed by atoms with E-state index in [0.717, 1.165) is 11.3 Å². The highest BCUT2D eigenvalue weighted by Crippen LogP contribution is 2.29. The summed E-state index contributed by atoms with van der Waals surface area (Å²) < 4.78 is 9.57. The maximum absolute atomic E-state index is 11.6. The molecule has 1 rings (SSSR count). The molecule has 0 radical (unpaired) electrons. The SMILES string of the molecule is COC(=O)C(=O)CC(C)(C)c1cccc(OC)c1. The van der Waals surface area contributed by atoms with Gasteiger partial charge in [0.1, 0.15) is 5.75 Å². The number of ketones is 1. The molecule has 0 N–H and O–H groups in total. The number of Topliss-reactive ketones (excluding diaryl/α,β-unsaturated/α-hetero) is 1. The summed E-state index contributed by atoms with van der Waals surface area (Å²) in [6, 6.07) is 7.47. The molecular weight excluding hydrogens is 232 g/mol. The molecule has 0 unspecified atom stereocenters. The Hall–Kier alpha value is -1.84. The van der Waals surface area contributed by atoms with E-state index in [1.807, 2.05) is 38.1 Å². The van der Waals surface area contributed by atoms with Crippen LogP contribution in [0.15, 0.2) is 24.3 Å². The Morgan fingerprint density at radius 3 is 2.44 bits per heavy atom. The third-order valence-corrected chi connectivity index (χ3v) is 2.87. The maximum Gasteiger partial charge on any atom is 0.374 e. The van der Waals surface area contributed by atoms with Gasteiger partial charge in [0, 0.05) is 6.42 Å². The van der Waals surface area contributed by atoms with Crippen LogP contribution < -0.4 is 4.74 Å². The lowest BCUT2D eigenvalue weighted by atomic mass is 9.80. The number of carbonyl (C=O) groups excluding carboxylic acids is 2. The zero-order chi connectivity index (χ0) is 13.8. The number of methoxy groups -OCH3 is 2. The van der Waals surface area contributed by atoms with Gasteiger partial charge in [-0.15, -0.1) is 0 Å². The van der Waals surface area contributed by atoms with Crippen LogP contribution >= 0.6 is 0 Å². The second-order valence-electron chi connectivity index (χ2n) is 4.71. The van der Waals surface area contributed by atoms with E-state index >= 15 is 0 Å². The van der Waals surface area contributed by atoms with Gasteiger partial charge in [0.05, 0.1) is 14.2 Å². The molecule has 4 heteroatoms. The Morgan fingerprint density at radius 1 is 1.22 bits per heavy atom. The van der Waals surface area contributed by atoms with Crippen molar-refractivity contribution in [2.75, 3.05) is 14.2 Å².